The van der Waals surface area contributed by atoms with Crippen molar-refractivity contribution in [3.8, 4) is 0 Å². The second-order valence-corrected chi connectivity index (χ2v) is 4.11. The molecule has 3 rings (SSSR count). The van der Waals surface area contributed by atoms with Crippen molar-refractivity contribution in [3.05, 3.63) is 36.0 Å². The van der Waals surface area contributed by atoms with Crippen LogP contribution in [0.5, 0.6) is 0 Å². The van der Waals surface area contributed by atoms with E-state index in [0.29, 0.717) is 6.61 Å². The molecule has 1 fully saturated rings. The van der Waals surface area contributed by atoms with Crippen molar-refractivity contribution in [2.45, 2.75) is 18.9 Å². The molecule has 1 saturated heterocycles. The van der Waals surface area contributed by atoms with Crippen LogP contribution in [0.3, 0.4) is 0 Å². The van der Waals surface area contributed by atoms with E-state index in [4.69, 9.17) is 4.74 Å². The Labute approximate surface area is 93.4 Å². The normalized spacial score (nSPS) is 20.4. The summed E-state index contributed by atoms with van der Waals surface area (Å²) in [4.78, 5) is 15.3. The van der Waals surface area contributed by atoms with Crippen LogP contribution >= 0.6 is 0 Å². The van der Waals surface area contributed by atoms with E-state index < -0.39 is 0 Å². The maximum Gasteiger partial charge on any atom is 0.193 e. The molecule has 1 unspecified atom stereocenters. The zero-order valence-electron chi connectivity index (χ0n) is 8.90. The SMILES string of the molecule is O=C(c1c[nH]c2ccccc12)C1CCCO1. The molecule has 82 valence electrons. The Morgan fingerprint density at radius 3 is 3.06 bits per heavy atom. The largest absolute Gasteiger partial charge is 0.370 e. The molecule has 0 radical (unpaired) electrons. The van der Waals surface area contributed by atoms with Gasteiger partial charge in [0.25, 0.3) is 0 Å². The molecule has 3 nitrogen and oxygen atoms in total. The molecule has 2 heterocycles. The quantitative estimate of drug-likeness (QED) is 0.782. The number of hydrogen-bond acceptors (Lipinski definition) is 2. The number of carbonyl (C=O) groups excluding carboxylic acids is 1. The van der Waals surface area contributed by atoms with Crippen molar-refractivity contribution in [2.24, 2.45) is 0 Å². The van der Waals surface area contributed by atoms with Crippen molar-refractivity contribution in [2.75, 3.05) is 6.61 Å². The summed E-state index contributed by atoms with van der Waals surface area (Å²) in [5, 5.41) is 0.989. The second-order valence-electron chi connectivity index (χ2n) is 4.11. The van der Waals surface area contributed by atoms with Gasteiger partial charge in [-0.05, 0) is 18.9 Å². The first-order chi connectivity index (χ1) is 7.86. The molecule has 1 aliphatic heterocycles. The van der Waals surface area contributed by atoms with Crippen LogP contribution in [0.1, 0.15) is 23.2 Å². The van der Waals surface area contributed by atoms with Crippen LogP contribution in [0.25, 0.3) is 10.9 Å². The highest BCUT2D eigenvalue weighted by atomic mass is 16.5. The Bertz CT molecular complexity index is 523. The lowest BCUT2D eigenvalue weighted by Crippen LogP contribution is -2.18. The zero-order valence-corrected chi connectivity index (χ0v) is 8.90. The van der Waals surface area contributed by atoms with E-state index in [1.807, 2.05) is 24.3 Å². The van der Waals surface area contributed by atoms with Crippen LogP contribution in [0.15, 0.2) is 30.5 Å². The van der Waals surface area contributed by atoms with Gasteiger partial charge >= 0.3 is 0 Å². The van der Waals surface area contributed by atoms with Crippen molar-refractivity contribution >= 4 is 16.7 Å². The Balaban J connectivity index is 2.02. The maximum atomic E-state index is 12.2. The van der Waals surface area contributed by atoms with Gasteiger partial charge in [-0.2, -0.15) is 0 Å². The van der Waals surface area contributed by atoms with Gasteiger partial charge in [0, 0.05) is 29.3 Å². The highest BCUT2D eigenvalue weighted by Crippen LogP contribution is 2.23. The average Bonchev–Trinajstić information content (AvgIpc) is 2.98. The highest BCUT2D eigenvalue weighted by molar-refractivity contribution is 6.09. The zero-order chi connectivity index (χ0) is 11.0. The number of Topliss-reactive ketones (excluding diaryl/α,β-unsaturated/α-hetero) is 1. The van der Waals surface area contributed by atoms with Crippen molar-refractivity contribution < 1.29 is 9.53 Å². The third-order valence-corrected chi connectivity index (χ3v) is 3.08. The fourth-order valence-electron chi connectivity index (χ4n) is 2.23. The number of fused-ring (bicyclic) bond motifs is 1. The van der Waals surface area contributed by atoms with E-state index in [2.05, 4.69) is 4.98 Å². The average molecular weight is 215 g/mol. The van der Waals surface area contributed by atoms with Gasteiger partial charge in [-0.25, -0.2) is 0 Å². The number of ketones is 1. The predicted octanol–water partition coefficient (Wildman–Crippen LogP) is 2.53. The number of carbonyl (C=O) groups is 1. The van der Waals surface area contributed by atoms with Crippen LogP contribution in [0, 0.1) is 0 Å². The minimum absolute atomic E-state index is 0.106. The number of hydrogen-bond donors (Lipinski definition) is 1. The van der Waals surface area contributed by atoms with Crippen molar-refractivity contribution in [1.82, 2.24) is 4.98 Å². The molecular formula is C13H13NO2. The summed E-state index contributed by atoms with van der Waals surface area (Å²) >= 11 is 0. The summed E-state index contributed by atoms with van der Waals surface area (Å²) in [6.45, 7) is 0.707. The van der Waals surface area contributed by atoms with Crippen LogP contribution in [-0.2, 0) is 4.74 Å². The van der Waals surface area contributed by atoms with E-state index in [0.717, 1.165) is 29.3 Å². The fraction of sp³-hybridized carbons (Fsp3) is 0.308. The molecule has 1 aromatic heterocycles. The molecule has 1 aliphatic rings. The molecule has 0 aliphatic carbocycles. The summed E-state index contributed by atoms with van der Waals surface area (Å²) in [5.41, 5.74) is 1.76. The Morgan fingerprint density at radius 1 is 1.38 bits per heavy atom. The first-order valence-electron chi connectivity index (χ1n) is 5.58. The Morgan fingerprint density at radius 2 is 2.25 bits per heavy atom. The van der Waals surface area contributed by atoms with Crippen LogP contribution < -0.4 is 0 Å². The lowest BCUT2D eigenvalue weighted by atomic mass is 10.0. The van der Waals surface area contributed by atoms with Gasteiger partial charge in [-0.1, -0.05) is 18.2 Å². The fourth-order valence-corrected chi connectivity index (χ4v) is 2.23. The molecule has 2 aromatic rings. The Hall–Kier alpha value is -1.61. The number of aromatic amines is 1. The van der Waals surface area contributed by atoms with Crippen LogP contribution in [-0.4, -0.2) is 23.5 Å². The molecule has 0 amide bonds. The first kappa shape index (κ1) is 9.60. The third-order valence-electron chi connectivity index (χ3n) is 3.08. The van der Waals surface area contributed by atoms with E-state index in [1.165, 1.54) is 0 Å². The number of benzene rings is 1. The minimum Gasteiger partial charge on any atom is -0.370 e. The lowest BCUT2D eigenvalue weighted by molar-refractivity contribution is 0.0644. The van der Waals surface area contributed by atoms with Crippen LogP contribution in [0.4, 0.5) is 0 Å². The summed E-state index contributed by atoms with van der Waals surface area (Å²) in [5.74, 6) is 0.106. The predicted molar refractivity (Wildman–Crippen MR) is 61.6 cm³/mol. The first-order valence-corrected chi connectivity index (χ1v) is 5.58. The van der Waals surface area contributed by atoms with E-state index >= 15 is 0 Å². The topological polar surface area (TPSA) is 42.1 Å². The lowest BCUT2D eigenvalue weighted by Gasteiger charge is -2.06. The van der Waals surface area contributed by atoms with Crippen molar-refractivity contribution in [1.29, 1.82) is 0 Å². The number of nitrogens with one attached hydrogen (secondary N) is 1. The molecule has 0 saturated carbocycles. The van der Waals surface area contributed by atoms with Crippen LogP contribution in [0.2, 0.25) is 0 Å². The Kier molecular flexibility index (Phi) is 2.26. The van der Waals surface area contributed by atoms with Gasteiger partial charge in [0.15, 0.2) is 5.78 Å². The van der Waals surface area contributed by atoms with Gasteiger partial charge < -0.3 is 9.72 Å². The number of para-hydroxylation sites is 1. The molecular weight excluding hydrogens is 202 g/mol. The number of aromatic nitrogens is 1. The maximum absolute atomic E-state index is 12.2. The minimum atomic E-state index is -0.237. The summed E-state index contributed by atoms with van der Waals surface area (Å²) in [6, 6.07) is 7.84. The number of ether oxygens (including phenoxy) is 1. The summed E-state index contributed by atoms with van der Waals surface area (Å²) < 4.78 is 5.42. The van der Waals surface area contributed by atoms with Gasteiger partial charge in [-0.15, -0.1) is 0 Å². The van der Waals surface area contributed by atoms with E-state index in [1.54, 1.807) is 6.20 Å². The molecule has 0 bridgehead atoms. The van der Waals surface area contributed by atoms with Crippen molar-refractivity contribution in [3.63, 3.8) is 0 Å². The van der Waals surface area contributed by atoms with Gasteiger partial charge in [0.2, 0.25) is 0 Å². The van der Waals surface area contributed by atoms with E-state index in [9.17, 15) is 4.79 Å². The molecule has 0 spiro atoms. The monoisotopic (exact) mass is 215 g/mol. The molecule has 1 atom stereocenters. The van der Waals surface area contributed by atoms with Gasteiger partial charge in [0.1, 0.15) is 6.10 Å². The van der Waals surface area contributed by atoms with E-state index in [-0.39, 0.29) is 11.9 Å². The number of H-pyrrole nitrogens is 1. The standard InChI is InChI=1S/C13H13NO2/c15-13(12-6-3-7-16-12)10-8-14-11-5-2-1-4-9(10)11/h1-2,4-5,8,12,14H,3,6-7H2. The van der Waals surface area contributed by atoms with Gasteiger partial charge in [-0.3, -0.25) is 4.79 Å². The molecule has 16 heavy (non-hydrogen) atoms. The summed E-state index contributed by atoms with van der Waals surface area (Å²) in [6.07, 6.45) is 3.38. The molecule has 1 N–H and O–H groups in total. The molecule has 1 aromatic carbocycles. The third kappa shape index (κ3) is 1.44. The number of rotatable bonds is 2. The molecule has 3 heteroatoms. The smallest absolute Gasteiger partial charge is 0.193 e. The summed E-state index contributed by atoms with van der Waals surface area (Å²) in [7, 11) is 0. The highest BCUT2D eigenvalue weighted by Gasteiger charge is 2.26. The second kappa shape index (κ2) is 3.76. The van der Waals surface area contributed by atoms with Gasteiger partial charge in [0.05, 0.1) is 0 Å².